The first kappa shape index (κ1) is 8.74. The SMILES string of the molecule is Oc1cc(F)ccc1N1C=CC=NC1. The lowest BCUT2D eigenvalue weighted by molar-refractivity contribution is 0.469. The normalized spacial score (nSPS) is 14.8. The minimum Gasteiger partial charge on any atom is -0.506 e. The third-order valence-electron chi connectivity index (χ3n) is 1.94. The van der Waals surface area contributed by atoms with Crippen LogP contribution >= 0.6 is 0 Å². The quantitative estimate of drug-likeness (QED) is 0.737. The molecular weight excluding hydrogens is 183 g/mol. The van der Waals surface area contributed by atoms with E-state index in [0.29, 0.717) is 12.4 Å². The largest absolute Gasteiger partial charge is 0.506 e. The summed E-state index contributed by atoms with van der Waals surface area (Å²) in [7, 11) is 0. The second-order valence-electron chi connectivity index (χ2n) is 2.92. The summed E-state index contributed by atoms with van der Waals surface area (Å²) in [5.74, 6) is -0.525. The molecule has 0 unspecified atom stereocenters. The summed E-state index contributed by atoms with van der Waals surface area (Å²) in [6.07, 6.45) is 5.21. The summed E-state index contributed by atoms with van der Waals surface area (Å²) in [4.78, 5) is 5.74. The molecule has 0 bridgehead atoms. The van der Waals surface area contributed by atoms with Gasteiger partial charge in [-0.15, -0.1) is 0 Å². The number of phenolic OH excluding ortho intramolecular Hbond substituents is 1. The highest BCUT2D eigenvalue weighted by Gasteiger charge is 2.09. The van der Waals surface area contributed by atoms with Crippen LogP contribution in [0.25, 0.3) is 0 Å². The zero-order chi connectivity index (χ0) is 9.97. The molecule has 0 amide bonds. The van der Waals surface area contributed by atoms with Crippen LogP contribution in [-0.2, 0) is 0 Å². The van der Waals surface area contributed by atoms with E-state index in [1.165, 1.54) is 12.1 Å². The van der Waals surface area contributed by atoms with E-state index in [0.717, 1.165) is 6.07 Å². The minimum atomic E-state index is -0.448. The standard InChI is InChI=1S/C10H9FN2O/c11-8-2-3-9(10(14)6-8)13-5-1-4-12-7-13/h1-6,14H,7H2. The van der Waals surface area contributed by atoms with Crippen molar-refractivity contribution in [3.8, 4) is 5.75 Å². The number of allylic oxidation sites excluding steroid dienone is 1. The molecule has 0 saturated heterocycles. The minimum absolute atomic E-state index is 0.0771. The molecule has 0 atom stereocenters. The first-order valence-electron chi connectivity index (χ1n) is 4.19. The molecule has 1 aromatic rings. The van der Waals surface area contributed by atoms with Gasteiger partial charge in [-0.1, -0.05) is 0 Å². The summed E-state index contributed by atoms with van der Waals surface area (Å²) in [6, 6.07) is 3.92. The Morgan fingerprint density at radius 3 is 2.93 bits per heavy atom. The Morgan fingerprint density at radius 2 is 2.29 bits per heavy atom. The zero-order valence-corrected chi connectivity index (χ0v) is 7.39. The summed E-state index contributed by atoms with van der Waals surface area (Å²) >= 11 is 0. The molecule has 0 spiro atoms. The molecule has 72 valence electrons. The summed E-state index contributed by atoms with van der Waals surface area (Å²) in [5, 5.41) is 9.48. The van der Waals surface area contributed by atoms with Gasteiger partial charge in [0.2, 0.25) is 0 Å². The Kier molecular flexibility index (Phi) is 2.18. The van der Waals surface area contributed by atoms with E-state index in [9.17, 15) is 9.50 Å². The molecule has 0 saturated carbocycles. The lowest BCUT2D eigenvalue weighted by Gasteiger charge is -2.20. The Hall–Kier alpha value is -1.84. The molecule has 0 aliphatic carbocycles. The van der Waals surface area contributed by atoms with E-state index in [1.54, 1.807) is 23.4 Å². The predicted octanol–water partition coefficient (Wildman–Crippen LogP) is 1.89. The lowest BCUT2D eigenvalue weighted by atomic mass is 10.2. The van der Waals surface area contributed by atoms with Crippen LogP contribution in [-0.4, -0.2) is 18.0 Å². The van der Waals surface area contributed by atoms with Gasteiger partial charge in [-0.25, -0.2) is 4.39 Å². The van der Waals surface area contributed by atoms with Gasteiger partial charge in [0, 0.05) is 18.5 Å². The van der Waals surface area contributed by atoms with Crippen molar-refractivity contribution in [1.29, 1.82) is 0 Å². The van der Waals surface area contributed by atoms with Gasteiger partial charge in [0.25, 0.3) is 0 Å². The first-order valence-corrected chi connectivity index (χ1v) is 4.19. The van der Waals surface area contributed by atoms with E-state index in [2.05, 4.69) is 4.99 Å². The molecule has 4 heteroatoms. The molecule has 1 N–H and O–H groups in total. The summed E-state index contributed by atoms with van der Waals surface area (Å²) < 4.78 is 12.7. The van der Waals surface area contributed by atoms with Crippen molar-refractivity contribution in [2.75, 3.05) is 11.6 Å². The number of nitrogens with zero attached hydrogens (tertiary/aromatic N) is 2. The molecule has 3 nitrogen and oxygen atoms in total. The molecule has 0 fully saturated rings. The number of hydrogen-bond acceptors (Lipinski definition) is 3. The van der Waals surface area contributed by atoms with Crippen LogP contribution < -0.4 is 4.90 Å². The van der Waals surface area contributed by atoms with Crippen LogP contribution in [0, 0.1) is 5.82 Å². The fourth-order valence-corrected chi connectivity index (χ4v) is 1.28. The maximum absolute atomic E-state index is 12.7. The highest BCUT2D eigenvalue weighted by Crippen LogP contribution is 2.28. The van der Waals surface area contributed by atoms with Gasteiger partial charge in [-0.2, -0.15) is 0 Å². The monoisotopic (exact) mass is 192 g/mol. The fourth-order valence-electron chi connectivity index (χ4n) is 1.28. The average Bonchev–Trinajstić information content (AvgIpc) is 2.19. The molecule has 1 heterocycles. The van der Waals surface area contributed by atoms with Crippen molar-refractivity contribution in [3.05, 3.63) is 36.3 Å². The van der Waals surface area contributed by atoms with Crippen LogP contribution in [0.5, 0.6) is 5.75 Å². The van der Waals surface area contributed by atoms with Gasteiger partial charge in [0.1, 0.15) is 18.2 Å². The van der Waals surface area contributed by atoms with Gasteiger partial charge in [-0.05, 0) is 18.2 Å². The second kappa shape index (κ2) is 3.49. The second-order valence-corrected chi connectivity index (χ2v) is 2.92. The summed E-state index contributed by atoms with van der Waals surface area (Å²) in [5.41, 5.74) is 0.555. The number of phenols is 1. The maximum atomic E-state index is 12.7. The van der Waals surface area contributed by atoms with E-state index < -0.39 is 5.82 Å². The van der Waals surface area contributed by atoms with Crippen molar-refractivity contribution in [1.82, 2.24) is 0 Å². The van der Waals surface area contributed by atoms with Gasteiger partial charge in [-0.3, -0.25) is 4.99 Å². The van der Waals surface area contributed by atoms with Gasteiger partial charge < -0.3 is 10.0 Å². The third kappa shape index (κ3) is 1.59. The van der Waals surface area contributed by atoms with Crippen LogP contribution in [0.1, 0.15) is 0 Å². The Bertz CT molecular complexity index is 401. The number of benzene rings is 1. The highest BCUT2D eigenvalue weighted by atomic mass is 19.1. The molecule has 1 aliphatic rings. The van der Waals surface area contributed by atoms with Crippen molar-refractivity contribution < 1.29 is 9.50 Å². The predicted molar refractivity (Wildman–Crippen MR) is 53.0 cm³/mol. The number of anilines is 1. The van der Waals surface area contributed by atoms with E-state index in [4.69, 9.17) is 0 Å². The number of aliphatic imine (C=N–C) groups is 1. The molecular formula is C10H9FN2O. The Labute approximate surface area is 80.8 Å². The molecule has 2 rings (SSSR count). The van der Waals surface area contributed by atoms with Crippen LogP contribution in [0.2, 0.25) is 0 Å². The van der Waals surface area contributed by atoms with Crippen molar-refractivity contribution >= 4 is 11.9 Å². The van der Waals surface area contributed by atoms with E-state index >= 15 is 0 Å². The van der Waals surface area contributed by atoms with Gasteiger partial charge in [0.15, 0.2) is 0 Å². The Morgan fingerprint density at radius 1 is 1.43 bits per heavy atom. The van der Waals surface area contributed by atoms with Crippen molar-refractivity contribution in [3.63, 3.8) is 0 Å². The Balaban J connectivity index is 2.32. The van der Waals surface area contributed by atoms with Crippen LogP contribution in [0.3, 0.4) is 0 Å². The van der Waals surface area contributed by atoms with Crippen LogP contribution in [0.15, 0.2) is 35.5 Å². The molecule has 1 aliphatic heterocycles. The average molecular weight is 192 g/mol. The lowest BCUT2D eigenvalue weighted by Crippen LogP contribution is -2.18. The highest BCUT2D eigenvalue weighted by molar-refractivity contribution is 5.74. The molecule has 0 aromatic heterocycles. The smallest absolute Gasteiger partial charge is 0.142 e. The number of hydrogen-bond donors (Lipinski definition) is 1. The zero-order valence-electron chi connectivity index (χ0n) is 7.39. The third-order valence-corrected chi connectivity index (χ3v) is 1.94. The van der Waals surface area contributed by atoms with Gasteiger partial charge >= 0.3 is 0 Å². The fraction of sp³-hybridized carbons (Fsp3) is 0.100. The summed E-state index contributed by atoms with van der Waals surface area (Å²) in [6.45, 7) is 0.440. The molecule has 0 radical (unpaired) electrons. The van der Waals surface area contributed by atoms with Crippen molar-refractivity contribution in [2.45, 2.75) is 0 Å². The maximum Gasteiger partial charge on any atom is 0.142 e. The topological polar surface area (TPSA) is 35.8 Å². The van der Waals surface area contributed by atoms with Crippen molar-refractivity contribution in [2.24, 2.45) is 4.99 Å². The number of aromatic hydroxyl groups is 1. The molecule has 1 aromatic carbocycles. The van der Waals surface area contributed by atoms with Gasteiger partial charge in [0.05, 0.1) is 5.69 Å². The molecule has 14 heavy (non-hydrogen) atoms. The van der Waals surface area contributed by atoms with E-state index in [-0.39, 0.29) is 5.75 Å². The number of rotatable bonds is 1. The van der Waals surface area contributed by atoms with Crippen LogP contribution in [0.4, 0.5) is 10.1 Å². The number of halogens is 1. The van der Waals surface area contributed by atoms with E-state index in [1.807, 2.05) is 0 Å². The first-order chi connectivity index (χ1) is 6.77.